The van der Waals surface area contributed by atoms with Crippen molar-refractivity contribution in [1.82, 2.24) is 19.9 Å². The smallest absolute Gasteiger partial charge is 0.276 e. The molecule has 9 nitrogen and oxygen atoms in total. The molecule has 0 spiro atoms. The number of aromatic nitrogens is 4. The van der Waals surface area contributed by atoms with Gasteiger partial charge in [-0.2, -0.15) is 0 Å². The molecular formula is C31H34N6O3. The molecule has 1 fully saturated rings. The van der Waals surface area contributed by atoms with Crippen LogP contribution in [-0.4, -0.2) is 59.3 Å². The number of aromatic amines is 2. The van der Waals surface area contributed by atoms with Crippen molar-refractivity contribution in [1.29, 1.82) is 0 Å². The molecule has 0 radical (unpaired) electrons. The van der Waals surface area contributed by atoms with Crippen LogP contribution in [0.3, 0.4) is 0 Å². The van der Waals surface area contributed by atoms with Gasteiger partial charge in [0.2, 0.25) is 0 Å². The van der Waals surface area contributed by atoms with Gasteiger partial charge in [0.1, 0.15) is 23.1 Å². The molecule has 0 bridgehead atoms. The minimum Gasteiger partial charge on any atom is -0.497 e. The number of hydrogen-bond acceptors (Lipinski definition) is 6. The Hall–Kier alpha value is -4.63. The fraction of sp³-hybridized carbons (Fsp3) is 0.258. The Balaban J connectivity index is 0.00000158. The van der Waals surface area contributed by atoms with Crippen molar-refractivity contribution in [2.24, 2.45) is 0 Å². The number of carbonyl (C=O) groups excluding carboxylic acids is 1. The van der Waals surface area contributed by atoms with Crippen LogP contribution in [0.15, 0.2) is 66.7 Å². The third-order valence-corrected chi connectivity index (χ3v) is 6.72. The molecule has 0 unspecified atom stereocenters. The summed E-state index contributed by atoms with van der Waals surface area (Å²) in [6, 6.07) is 21.5. The summed E-state index contributed by atoms with van der Waals surface area (Å²) in [7, 11) is 1.62. The molecule has 1 saturated heterocycles. The van der Waals surface area contributed by atoms with Gasteiger partial charge in [-0.15, -0.1) is 0 Å². The van der Waals surface area contributed by atoms with Gasteiger partial charge in [-0.05, 0) is 73.7 Å². The second-order valence-corrected chi connectivity index (χ2v) is 9.21. The lowest BCUT2D eigenvalue weighted by Crippen LogP contribution is -2.36. The number of ether oxygens (including phenoxy) is 2. The summed E-state index contributed by atoms with van der Waals surface area (Å²) in [5, 5.41) is 2.96. The Kier molecular flexibility index (Phi) is 8.12. The van der Waals surface area contributed by atoms with E-state index in [1.807, 2.05) is 63.2 Å². The van der Waals surface area contributed by atoms with Crippen LogP contribution >= 0.6 is 0 Å². The van der Waals surface area contributed by atoms with Crippen molar-refractivity contribution in [2.75, 3.05) is 43.6 Å². The molecule has 0 saturated carbocycles. The number of aryl methyl sites for hydroxylation is 1. The Morgan fingerprint density at radius 1 is 0.900 bits per heavy atom. The maximum absolute atomic E-state index is 13.1. The summed E-state index contributed by atoms with van der Waals surface area (Å²) in [5.41, 5.74) is 6.43. The Labute approximate surface area is 233 Å². The molecule has 1 aliphatic heterocycles. The van der Waals surface area contributed by atoms with Gasteiger partial charge >= 0.3 is 0 Å². The first kappa shape index (κ1) is 27.0. The molecule has 40 heavy (non-hydrogen) atoms. The number of fused-ring (bicyclic) bond motifs is 1. The van der Waals surface area contributed by atoms with Crippen molar-refractivity contribution in [3.8, 4) is 28.5 Å². The van der Waals surface area contributed by atoms with Crippen LogP contribution in [0.25, 0.3) is 33.8 Å². The summed E-state index contributed by atoms with van der Waals surface area (Å²) in [4.78, 5) is 31.2. The number of hydrogen-bond donors (Lipinski definition) is 3. The van der Waals surface area contributed by atoms with E-state index in [0.717, 1.165) is 60.0 Å². The van der Waals surface area contributed by atoms with E-state index in [1.165, 1.54) is 5.69 Å². The van der Waals surface area contributed by atoms with E-state index in [9.17, 15) is 4.79 Å². The first-order valence-corrected chi connectivity index (χ1v) is 13.5. The summed E-state index contributed by atoms with van der Waals surface area (Å²) >= 11 is 0. The van der Waals surface area contributed by atoms with Gasteiger partial charge in [0.05, 0.1) is 31.4 Å². The van der Waals surface area contributed by atoms with E-state index in [0.29, 0.717) is 22.9 Å². The summed E-state index contributed by atoms with van der Waals surface area (Å²) in [6.07, 6.45) is 0. The molecular weight excluding hydrogens is 504 g/mol. The molecule has 1 aliphatic rings. The molecule has 9 heteroatoms. The van der Waals surface area contributed by atoms with Gasteiger partial charge < -0.3 is 29.7 Å². The van der Waals surface area contributed by atoms with E-state index < -0.39 is 0 Å². The number of morpholine rings is 1. The third kappa shape index (κ3) is 5.69. The highest BCUT2D eigenvalue weighted by Gasteiger charge is 2.17. The zero-order valence-corrected chi connectivity index (χ0v) is 23.2. The van der Waals surface area contributed by atoms with Crippen molar-refractivity contribution in [3.63, 3.8) is 0 Å². The van der Waals surface area contributed by atoms with E-state index in [1.54, 1.807) is 7.11 Å². The lowest BCUT2D eigenvalue weighted by atomic mass is 10.2. The fourth-order valence-electron chi connectivity index (χ4n) is 4.63. The van der Waals surface area contributed by atoms with E-state index in [2.05, 4.69) is 49.4 Å². The lowest BCUT2D eigenvalue weighted by Gasteiger charge is -2.28. The van der Waals surface area contributed by atoms with Gasteiger partial charge in [0, 0.05) is 41.3 Å². The molecule has 0 atom stereocenters. The number of H-pyrrole nitrogens is 2. The van der Waals surface area contributed by atoms with Crippen LogP contribution in [0.5, 0.6) is 5.75 Å². The van der Waals surface area contributed by atoms with E-state index in [4.69, 9.17) is 14.5 Å². The van der Waals surface area contributed by atoms with Crippen LogP contribution in [0, 0.1) is 6.92 Å². The van der Waals surface area contributed by atoms with Crippen LogP contribution in [0.1, 0.15) is 30.0 Å². The minimum atomic E-state index is -0.281. The van der Waals surface area contributed by atoms with Crippen molar-refractivity contribution < 1.29 is 14.3 Å². The maximum atomic E-state index is 13.1. The lowest BCUT2D eigenvalue weighted by molar-refractivity contribution is 0.102. The molecule has 3 aromatic carbocycles. The predicted molar refractivity (Wildman–Crippen MR) is 159 cm³/mol. The molecule has 0 aliphatic carbocycles. The monoisotopic (exact) mass is 538 g/mol. The fourth-order valence-corrected chi connectivity index (χ4v) is 4.63. The molecule has 1 amide bonds. The standard InChI is InChI=1S/C29H28N6O3.C2H6/c1-18-26(34-27(30-18)20-5-10-23(37-2)11-6-20)29(36)31-21-7-12-24-25(17-21)33-28(32-24)19-3-8-22(9-4-19)35-13-15-38-16-14-35;1-2/h3-12,17H,13-16H2,1-2H3,(H,30,34)(H,31,36)(H,32,33);1-2H3. The zero-order chi connectivity index (χ0) is 28.1. The highest BCUT2D eigenvalue weighted by molar-refractivity contribution is 6.04. The molecule has 6 rings (SSSR count). The maximum Gasteiger partial charge on any atom is 0.276 e. The van der Waals surface area contributed by atoms with Crippen LogP contribution in [0.2, 0.25) is 0 Å². The Morgan fingerprint density at radius 3 is 2.23 bits per heavy atom. The van der Waals surface area contributed by atoms with E-state index in [-0.39, 0.29) is 5.91 Å². The number of anilines is 2. The largest absolute Gasteiger partial charge is 0.497 e. The van der Waals surface area contributed by atoms with Crippen LogP contribution in [-0.2, 0) is 4.74 Å². The predicted octanol–water partition coefficient (Wildman–Crippen LogP) is 6.05. The summed E-state index contributed by atoms with van der Waals surface area (Å²) < 4.78 is 10.7. The summed E-state index contributed by atoms with van der Waals surface area (Å²) in [5.74, 6) is 1.89. The SMILES string of the molecule is CC.COc1ccc(-c2nc(C(=O)Nc3ccc4nc(-c5ccc(N6CCOCC6)cc5)[nH]c4c3)c(C)[nH]2)cc1. The zero-order valence-electron chi connectivity index (χ0n) is 23.2. The number of methoxy groups -OCH3 is 1. The quantitative estimate of drug-likeness (QED) is 0.243. The highest BCUT2D eigenvalue weighted by Crippen LogP contribution is 2.26. The number of amides is 1. The first-order chi connectivity index (χ1) is 19.6. The minimum absolute atomic E-state index is 0.281. The number of nitrogens with one attached hydrogen (secondary N) is 3. The van der Waals surface area contributed by atoms with Gasteiger partial charge in [0.15, 0.2) is 0 Å². The average Bonchev–Trinajstić information content (AvgIpc) is 3.62. The second kappa shape index (κ2) is 12.0. The van der Waals surface area contributed by atoms with Gasteiger partial charge in [0.25, 0.3) is 5.91 Å². The second-order valence-electron chi connectivity index (χ2n) is 9.21. The van der Waals surface area contributed by atoms with Crippen LogP contribution in [0.4, 0.5) is 11.4 Å². The van der Waals surface area contributed by atoms with Gasteiger partial charge in [-0.25, -0.2) is 9.97 Å². The molecule has 2 aromatic heterocycles. The normalized spacial score (nSPS) is 13.1. The van der Waals surface area contributed by atoms with Crippen molar-refractivity contribution in [2.45, 2.75) is 20.8 Å². The highest BCUT2D eigenvalue weighted by atomic mass is 16.5. The average molecular weight is 539 g/mol. The number of carbonyl (C=O) groups is 1. The molecule has 206 valence electrons. The Morgan fingerprint density at radius 2 is 1.55 bits per heavy atom. The van der Waals surface area contributed by atoms with Gasteiger partial charge in [-0.3, -0.25) is 4.79 Å². The van der Waals surface area contributed by atoms with E-state index >= 15 is 0 Å². The number of benzene rings is 3. The number of rotatable bonds is 6. The Bertz CT molecular complexity index is 1580. The molecule has 5 aromatic rings. The number of imidazole rings is 2. The molecule has 3 N–H and O–H groups in total. The van der Waals surface area contributed by atoms with Crippen molar-refractivity contribution >= 4 is 28.3 Å². The topological polar surface area (TPSA) is 108 Å². The van der Waals surface area contributed by atoms with Gasteiger partial charge in [-0.1, -0.05) is 13.8 Å². The van der Waals surface area contributed by atoms with Crippen molar-refractivity contribution in [3.05, 3.63) is 78.1 Å². The first-order valence-electron chi connectivity index (χ1n) is 13.5. The third-order valence-electron chi connectivity index (χ3n) is 6.72. The summed E-state index contributed by atoms with van der Waals surface area (Å²) in [6.45, 7) is 9.16. The van der Waals surface area contributed by atoms with Crippen LogP contribution < -0.4 is 15.0 Å². The number of nitrogens with zero attached hydrogens (tertiary/aromatic N) is 3. The molecule has 3 heterocycles.